The first-order chi connectivity index (χ1) is 11.7. The molecule has 0 fully saturated rings. The van der Waals surface area contributed by atoms with E-state index in [9.17, 15) is 9.59 Å². The first-order valence-corrected chi connectivity index (χ1v) is 7.98. The second-order valence-electron chi connectivity index (χ2n) is 6.04. The van der Waals surface area contributed by atoms with Gasteiger partial charge in [0.1, 0.15) is 11.5 Å². The van der Waals surface area contributed by atoms with Crippen LogP contribution < -0.4 is 10.2 Å². The molecule has 3 heterocycles. The molecule has 1 aromatic carbocycles. The van der Waals surface area contributed by atoms with Crippen LogP contribution in [0.3, 0.4) is 0 Å². The number of fused-ring (bicyclic) bond motifs is 3. The van der Waals surface area contributed by atoms with Gasteiger partial charge in [-0.2, -0.15) is 5.10 Å². The van der Waals surface area contributed by atoms with Crippen molar-refractivity contribution in [2.75, 3.05) is 13.7 Å². The molecule has 2 aliphatic heterocycles. The van der Waals surface area contributed by atoms with Gasteiger partial charge in [-0.1, -0.05) is 12.1 Å². The Morgan fingerprint density at radius 2 is 2.17 bits per heavy atom. The van der Waals surface area contributed by atoms with Crippen LogP contribution in [-0.4, -0.2) is 41.1 Å². The lowest BCUT2D eigenvalue weighted by molar-refractivity contribution is -0.125. The third-order valence-corrected chi connectivity index (χ3v) is 4.63. The van der Waals surface area contributed by atoms with Crippen molar-refractivity contribution < 1.29 is 14.3 Å². The predicted molar refractivity (Wildman–Crippen MR) is 88.8 cm³/mol. The number of H-pyrrole nitrogens is 1. The number of ether oxygens (including phenoxy) is 1. The minimum atomic E-state index is -0.142. The molecule has 0 radical (unpaired) electrons. The van der Waals surface area contributed by atoms with E-state index in [-0.39, 0.29) is 11.8 Å². The van der Waals surface area contributed by atoms with E-state index in [1.54, 1.807) is 12.0 Å². The molecule has 2 aromatic rings. The van der Waals surface area contributed by atoms with Gasteiger partial charge in [-0.3, -0.25) is 9.59 Å². The molecule has 1 aromatic heterocycles. The normalized spacial score (nSPS) is 17.3. The van der Waals surface area contributed by atoms with Crippen LogP contribution in [0.25, 0.3) is 10.9 Å². The Balaban J connectivity index is 1.64. The van der Waals surface area contributed by atoms with Crippen LogP contribution in [0.4, 0.5) is 0 Å². The van der Waals surface area contributed by atoms with E-state index < -0.39 is 0 Å². The van der Waals surface area contributed by atoms with E-state index in [1.165, 1.54) is 0 Å². The zero-order chi connectivity index (χ0) is 16.7. The predicted octanol–water partition coefficient (Wildman–Crippen LogP) is 1.33. The average molecular weight is 326 g/mol. The number of aromatic amines is 1. The minimum Gasteiger partial charge on any atom is -0.495 e. The number of methoxy groups -OCH3 is 1. The Morgan fingerprint density at radius 1 is 1.29 bits per heavy atom. The van der Waals surface area contributed by atoms with Crippen LogP contribution in [0, 0.1) is 0 Å². The van der Waals surface area contributed by atoms with Crippen molar-refractivity contribution in [3.05, 3.63) is 29.5 Å². The maximum Gasteiger partial charge on any atom is 0.270 e. The van der Waals surface area contributed by atoms with E-state index in [1.807, 2.05) is 18.2 Å². The van der Waals surface area contributed by atoms with Crippen LogP contribution in [-0.2, 0) is 22.6 Å². The van der Waals surface area contributed by atoms with Gasteiger partial charge in [-0.15, -0.1) is 0 Å². The highest BCUT2D eigenvalue weighted by molar-refractivity contribution is 6.39. The summed E-state index contributed by atoms with van der Waals surface area (Å²) in [7, 11) is 1.65. The average Bonchev–Trinajstić information content (AvgIpc) is 2.99. The summed E-state index contributed by atoms with van der Waals surface area (Å²) in [5.74, 6) is 0.563. The molecule has 0 bridgehead atoms. The number of carbonyl (C=O) groups excluding carboxylic acids is 2. The lowest BCUT2D eigenvalue weighted by atomic mass is 10.0. The van der Waals surface area contributed by atoms with Crippen LogP contribution in [0.1, 0.15) is 24.1 Å². The highest BCUT2D eigenvalue weighted by Gasteiger charge is 2.28. The number of nitrogens with zero attached hydrogens (tertiary/aromatic N) is 2. The first-order valence-electron chi connectivity index (χ1n) is 7.98. The molecule has 4 rings (SSSR count). The van der Waals surface area contributed by atoms with Crippen LogP contribution in [0.15, 0.2) is 23.3 Å². The molecule has 0 unspecified atom stereocenters. The minimum absolute atomic E-state index is 0.0992. The van der Waals surface area contributed by atoms with Gasteiger partial charge in [0.05, 0.1) is 12.6 Å². The van der Waals surface area contributed by atoms with E-state index in [0.717, 1.165) is 34.3 Å². The summed E-state index contributed by atoms with van der Waals surface area (Å²) in [6, 6.07) is 5.92. The number of hydrogen-bond donors (Lipinski definition) is 2. The number of carbonyl (C=O) groups is 2. The summed E-state index contributed by atoms with van der Waals surface area (Å²) in [4.78, 5) is 29.1. The van der Waals surface area contributed by atoms with Crippen molar-refractivity contribution in [2.24, 2.45) is 5.10 Å². The van der Waals surface area contributed by atoms with E-state index in [0.29, 0.717) is 31.6 Å². The van der Waals surface area contributed by atoms with Crippen molar-refractivity contribution >= 4 is 28.4 Å². The number of hydrazone groups is 1. The fourth-order valence-corrected chi connectivity index (χ4v) is 3.37. The maximum absolute atomic E-state index is 12.7. The zero-order valence-corrected chi connectivity index (χ0v) is 13.4. The molecule has 0 spiro atoms. The van der Waals surface area contributed by atoms with E-state index in [4.69, 9.17) is 4.74 Å². The molecule has 0 saturated heterocycles. The van der Waals surface area contributed by atoms with Crippen molar-refractivity contribution in [3.63, 3.8) is 0 Å². The topological polar surface area (TPSA) is 86.8 Å². The summed E-state index contributed by atoms with van der Waals surface area (Å²) in [5, 5.41) is 5.00. The largest absolute Gasteiger partial charge is 0.495 e. The van der Waals surface area contributed by atoms with Gasteiger partial charge in [0.2, 0.25) is 5.91 Å². The van der Waals surface area contributed by atoms with Crippen molar-refractivity contribution in [1.29, 1.82) is 0 Å². The summed E-state index contributed by atoms with van der Waals surface area (Å²) >= 11 is 0. The van der Waals surface area contributed by atoms with Gasteiger partial charge >= 0.3 is 0 Å². The Morgan fingerprint density at radius 3 is 2.92 bits per heavy atom. The molecule has 7 nitrogen and oxygen atoms in total. The highest BCUT2D eigenvalue weighted by atomic mass is 16.5. The molecule has 2 N–H and O–H groups in total. The quantitative estimate of drug-likeness (QED) is 0.873. The fourth-order valence-electron chi connectivity index (χ4n) is 3.37. The maximum atomic E-state index is 12.7. The Labute approximate surface area is 138 Å². The number of para-hydroxylation sites is 1. The molecule has 0 aliphatic carbocycles. The third kappa shape index (κ3) is 2.33. The lowest BCUT2D eigenvalue weighted by Gasteiger charge is -2.28. The van der Waals surface area contributed by atoms with Gasteiger partial charge in [0.25, 0.3) is 5.91 Å². The second-order valence-corrected chi connectivity index (χ2v) is 6.04. The summed E-state index contributed by atoms with van der Waals surface area (Å²) in [5.41, 5.74) is 6.07. The van der Waals surface area contributed by atoms with Crippen LogP contribution in [0.5, 0.6) is 5.75 Å². The number of hydrogen-bond acceptors (Lipinski definition) is 4. The van der Waals surface area contributed by atoms with Crippen LogP contribution in [0.2, 0.25) is 0 Å². The number of benzene rings is 1. The highest BCUT2D eigenvalue weighted by Crippen LogP contribution is 2.32. The number of rotatable bonds is 2. The molecule has 2 aliphatic rings. The van der Waals surface area contributed by atoms with E-state index in [2.05, 4.69) is 15.5 Å². The molecule has 7 heteroatoms. The number of nitrogens with one attached hydrogen (secondary N) is 2. The molecular weight excluding hydrogens is 308 g/mol. The Kier molecular flexibility index (Phi) is 3.48. The summed E-state index contributed by atoms with van der Waals surface area (Å²) in [6.07, 6.45) is 1.47. The van der Waals surface area contributed by atoms with Crippen molar-refractivity contribution in [2.45, 2.75) is 25.8 Å². The molecule has 24 heavy (non-hydrogen) atoms. The molecule has 124 valence electrons. The first kappa shape index (κ1) is 14.7. The van der Waals surface area contributed by atoms with Gasteiger partial charge in [-0.05, 0) is 6.07 Å². The van der Waals surface area contributed by atoms with Gasteiger partial charge in [-0.25, -0.2) is 5.43 Å². The van der Waals surface area contributed by atoms with Gasteiger partial charge in [0, 0.05) is 49.0 Å². The van der Waals surface area contributed by atoms with Crippen LogP contribution >= 0.6 is 0 Å². The van der Waals surface area contributed by atoms with Gasteiger partial charge in [0.15, 0.2) is 0 Å². The number of amides is 2. The standard InChI is InChI=1S/C17H18N4O3/c1-24-14-4-2-3-10-11-9-21(8-7-12(11)18-16(10)14)17(23)13-5-6-15(22)20-19-13/h2-4,18H,5-9H2,1H3,(H,20,22). The fraction of sp³-hybridized carbons (Fsp3) is 0.353. The summed E-state index contributed by atoms with van der Waals surface area (Å²) in [6.45, 7) is 1.17. The zero-order valence-electron chi connectivity index (χ0n) is 13.4. The number of aromatic nitrogens is 1. The van der Waals surface area contributed by atoms with Gasteiger partial charge < -0.3 is 14.6 Å². The summed E-state index contributed by atoms with van der Waals surface area (Å²) < 4.78 is 5.41. The van der Waals surface area contributed by atoms with E-state index >= 15 is 0 Å². The molecule has 0 saturated carbocycles. The Bertz CT molecular complexity index is 868. The second kappa shape index (κ2) is 5.67. The smallest absolute Gasteiger partial charge is 0.270 e. The molecular formula is C17H18N4O3. The SMILES string of the molecule is COc1cccc2c3c([nH]c12)CCN(C(=O)C1=NNC(=O)CC1)C3. The third-order valence-electron chi connectivity index (χ3n) is 4.63. The monoisotopic (exact) mass is 326 g/mol. The molecule has 0 atom stereocenters. The molecule has 2 amide bonds. The van der Waals surface area contributed by atoms with Crippen molar-refractivity contribution in [3.8, 4) is 5.75 Å². The van der Waals surface area contributed by atoms with Crippen molar-refractivity contribution in [1.82, 2.24) is 15.3 Å². The Hall–Kier alpha value is -2.83. The lowest BCUT2D eigenvalue weighted by Crippen LogP contribution is -2.42.